The molecule has 1 atom stereocenters. The van der Waals surface area contributed by atoms with Gasteiger partial charge in [-0.25, -0.2) is 0 Å². The Morgan fingerprint density at radius 1 is 1.19 bits per heavy atom. The molecule has 16 heavy (non-hydrogen) atoms. The molecule has 1 aromatic rings. The van der Waals surface area contributed by atoms with Gasteiger partial charge in [0.1, 0.15) is 0 Å². The highest BCUT2D eigenvalue weighted by Gasteiger charge is 2.50. The summed E-state index contributed by atoms with van der Waals surface area (Å²) in [5.74, 6) is 0. The van der Waals surface area contributed by atoms with Gasteiger partial charge in [-0.3, -0.25) is 0 Å². The van der Waals surface area contributed by atoms with Crippen molar-refractivity contribution in [3.8, 4) is 0 Å². The van der Waals surface area contributed by atoms with Gasteiger partial charge in [0.25, 0.3) is 0 Å². The molecule has 0 amide bonds. The van der Waals surface area contributed by atoms with Crippen LogP contribution in [0.5, 0.6) is 0 Å². The van der Waals surface area contributed by atoms with Gasteiger partial charge in [-0.05, 0) is 31.5 Å². The van der Waals surface area contributed by atoms with Crippen molar-refractivity contribution >= 4 is 5.69 Å². The van der Waals surface area contributed by atoms with Crippen LogP contribution in [0.4, 0.5) is 18.9 Å². The van der Waals surface area contributed by atoms with Gasteiger partial charge >= 0.3 is 6.18 Å². The van der Waals surface area contributed by atoms with Crippen LogP contribution in [0.3, 0.4) is 0 Å². The van der Waals surface area contributed by atoms with Crippen molar-refractivity contribution in [2.24, 2.45) is 0 Å². The summed E-state index contributed by atoms with van der Waals surface area (Å²) in [6.07, 6.45) is -4.67. The van der Waals surface area contributed by atoms with Crippen LogP contribution >= 0.6 is 0 Å². The number of hydrogen-bond acceptors (Lipinski definition) is 2. The van der Waals surface area contributed by atoms with Gasteiger partial charge in [0.15, 0.2) is 5.60 Å². The number of nitrogens with one attached hydrogen (secondary N) is 1. The maximum atomic E-state index is 12.5. The minimum absolute atomic E-state index is 0.165. The van der Waals surface area contributed by atoms with Crippen LogP contribution in [0.15, 0.2) is 24.3 Å². The summed E-state index contributed by atoms with van der Waals surface area (Å²) in [6, 6.07) is 5.56. The molecule has 90 valence electrons. The minimum Gasteiger partial charge on any atom is -0.385 e. The highest BCUT2D eigenvalue weighted by molar-refractivity contribution is 5.45. The number of anilines is 1. The average Bonchev–Trinajstić information content (AvgIpc) is 2.17. The van der Waals surface area contributed by atoms with Crippen molar-refractivity contribution in [1.82, 2.24) is 0 Å². The predicted octanol–water partition coefficient (Wildman–Crippen LogP) is 2.89. The summed E-state index contributed by atoms with van der Waals surface area (Å²) in [5.41, 5.74) is -2.25. The lowest BCUT2D eigenvalue weighted by Crippen LogP contribution is -2.39. The molecule has 0 bridgehead atoms. The summed E-state index contributed by atoms with van der Waals surface area (Å²) in [5, 5.41) is 12.4. The second-order valence-corrected chi connectivity index (χ2v) is 3.68. The highest BCUT2D eigenvalue weighted by Crippen LogP contribution is 2.38. The number of hydrogen-bond donors (Lipinski definition) is 2. The largest absolute Gasteiger partial charge is 0.421 e. The molecule has 5 heteroatoms. The predicted molar refractivity (Wildman–Crippen MR) is 56.2 cm³/mol. The number of alkyl halides is 3. The SMILES string of the molecule is CCNc1ccc(C(C)(O)C(F)(F)F)cc1. The minimum atomic E-state index is -4.67. The van der Waals surface area contributed by atoms with E-state index in [-0.39, 0.29) is 5.56 Å². The summed E-state index contributed by atoms with van der Waals surface area (Å²) in [4.78, 5) is 0. The maximum absolute atomic E-state index is 12.5. The molecule has 0 heterocycles. The van der Waals surface area contributed by atoms with E-state index < -0.39 is 11.8 Å². The zero-order chi connectivity index (χ0) is 12.4. The van der Waals surface area contributed by atoms with Crippen LogP contribution in [0.25, 0.3) is 0 Å². The fraction of sp³-hybridized carbons (Fsp3) is 0.455. The lowest BCUT2D eigenvalue weighted by atomic mass is 9.95. The first-order valence-corrected chi connectivity index (χ1v) is 4.92. The lowest BCUT2D eigenvalue weighted by Gasteiger charge is -2.26. The van der Waals surface area contributed by atoms with E-state index in [1.807, 2.05) is 6.92 Å². The van der Waals surface area contributed by atoms with Gasteiger partial charge in [0, 0.05) is 12.2 Å². The number of benzene rings is 1. The Bertz CT molecular complexity index is 343. The Labute approximate surface area is 92.1 Å². The zero-order valence-electron chi connectivity index (χ0n) is 9.10. The first kappa shape index (κ1) is 12.8. The first-order valence-electron chi connectivity index (χ1n) is 4.92. The Hall–Kier alpha value is -1.23. The van der Waals surface area contributed by atoms with E-state index in [2.05, 4.69) is 5.32 Å². The number of aliphatic hydroxyl groups is 1. The van der Waals surface area contributed by atoms with Gasteiger partial charge in [-0.15, -0.1) is 0 Å². The molecule has 1 unspecified atom stereocenters. The molecule has 0 spiro atoms. The Morgan fingerprint density at radius 2 is 1.69 bits per heavy atom. The molecular formula is C11H14F3NO. The van der Waals surface area contributed by atoms with Crippen LogP contribution in [0.1, 0.15) is 19.4 Å². The van der Waals surface area contributed by atoms with Crippen LogP contribution in [-0.4, -0.2) is 17.8 Å². The molecule has 0 aliphatic carbocycles. The highest BCUT2D eigenvalue weighted by atomic mass is 19.4. The molecule has 0 saturated carbocycles. The molecule has 1 aromatic carbocycles. The van der Waals surface area contributed by atoms with Crippen molar-refractivity contribution in [3.05, 3.63) is 29.8 Å². The Balaban J connectivity index is 2.97. The smallest absolute Gasteiger partial charge is 0.385 e. The van der Waals surface area contributed by atoms with Crippen LogP contribution in [-0.2, 0) is 5.60 Å². The quantitative estimate of drug-likeness (QED) is 0.841. The van der Waals surface area contributed by atoms with Crippen molar-refractivity contribution in [2.75, 3.05) is 11.9 Å². The van der Waals surface area contributed by atoms with Gasteiger partial charge < -0.3 is 10.4 Å². The average molecular weight is 233 g/mol. The van der Waals surface area contributed by atoms with Crippen LogP contribution in [0, 0.1) is 0 Å². The number of rotatable bonds is 3. The third-order valence-corrected chi connectivity index (χ3v) is 2.38. The maximum Gasteiger partial charge on any atom is 0.421 e. The van der Waals surface area contributed by atoms with Crippen molar-refractivity contribution in [3.63, 3.8) is 0 Å². The van der Waals surface area contributed by atoms with E-state index >= 15 is 0 Å². The third-order valence-electron chi connectivity index (χ3n) is 2.38. The molecule has 0 aromatic heterocycles. The molecule has 2 N–H and O–H groups in total. The van der Waals surface area contributed by atoms with E-state index in [1.165, 1.54) is 24.3 Å². The molecule has 0 fully saturated rings. The summed E-state index contributed by atoms with van der Waals surface area (Å²) < 4.78 is 37.5. The van der Waals surface area contributed by atoms with Gasteiger partial charge in [0.05, 0.1) is 0 Å². The molecular weight excluding hydrogens is 219 g/mol. The number of halogens is 3. The molecule has 0 saturated heterocycles. The van der Waals surface area contributed by atoms with E-state index in [9.17, 15) is 18.3 Å². The van der Waals surface area contributed by atoms with Crippen LogP contribution < -0.4 is 5.32 Å². The van der Waals surface area contributed by atoms with E-state index in [0.29, 0.717) is 6.54 Å². The van der Waals surface area contributed by atoms with Crippen molar-refractivity contribution in [1.29, 1.82) is 0 Å². The second-order valence-electron chi connectivity index (χ2n) is 3.68. The van der Waals surface area contributed by atoms with Gasteiger partial charge in [0.2, 0.25) is 0 Å². The zero-order valence-corrected chi connectivity index (χ0v) is 9.10. The normalized spacial score (nSPS) is 15.6. The fourth-order valence-electron chi connectivity index (χ4n) is 1.28. The summed E-state index contributed by atoms with van der Waals surface area (Å²) >= 11 is 0. The molecule has 0 radical (unpaired) electrons. The molecule has 0 aliphatic heterocycles. The van der Waals surface area contributed by atoms with Gasteiger partial charge in [-0.1, -0.05) is 12.1 Å². The molecule has 1 rings (SSSR count). The monoisotopic (exact) mass is 233 g/mol. The summed E-state index contributed by atoms with van der Waals surface area (Å²) in [6.45, 7) is 3.32. The summed E-state index contributed by atoms with van der Waals surface area (Å²) in [7, 11) is 0. The van der Waals surface area contributed by atoms with Crippen molar-refractivity contribution in [2.45, 2.75) is 25.6 Å². The second kappa shape index (κ2) is 4.33. The Morgan fingerprint density at radius 3 is 2.06 bits per heavy atom. The lowest BCUT2D eigenvalue weighted by molar-refractivity contribution is -0.258. The molecule has 0 aliphatic rings. The van der Waals surface area contributed by atoms with Crippen molar-refractivity contribution < 1.29 is 18.3 Å². The Kier molecular flexibility index (Phi) is 3.48. The van der Waals surface area contributed by atoms with E-state index in [1.54, 1.807) is 0 Å². The van der Waals surface area contributed by atoms with E-state index in [0.717, 1.165) is 12.6 Å². The molecule has 2 nitrogen and oxygen atoms in total. The topological polar surface area (TPSA) is 32.3 Å². The van der Waals surface area contributed by atoms with Crippen LogP contribution in [0.2, 0.25) is 0 Å². The van der Waals surface area contributed by atoms with Gasteiger partial charge in [-0.2, -0.15) is 13.2 Å². The first-order chi connectivity index (χ1) is 7.29. The van der Waals surface area contributed by atoms with E-state index in [4.69, 9.17) is 0 Å². The fourth-order valence-corrected chi connectivity index (χ4v) is 1.28. The third kappa shape index (κ3) is 2.47. The standard InChI is InChI=1S/C11H14F3NO/c1-3-15-9-6-4-8(5-7-9)10(2,16)11(12,13)14/h4-7,15-16H,3H2,1-2H3.